The van der Waals surface area contributed by atoms with Crippen LogP contribution in [0.25, 0.3) is 0 Å². The maximum absolute atomic E-state index is 11.9. The Morgan fingerprint density at radius 2 is 1.25 bits per heavy atom. The van der Waals surface area contributed by atoms with Gasteiger partial charge in [0.1, 0.15) is 0 Å². The average Bonchev–Trinajstić information content (AvgIpc) is 2.92. The summed E-state index contributed by atoms with van der Waals surface area (Å²) in [5.41, 5.74) is 0.00844. The number of aliphatic hydroxyl groups excluding tert-OH is 2. The van der Waals surface area contributed by atoms with E-state index in [9.17, 15) is 9.59 Å². The van der Waals surface area contributed by atoms with Crippen LogP contribution in [0.15, 0.2) is 36.5 Å². The van der Waals surface area contributed by atoms with Gasteiger partial charge in [0, 0.05) is 5.92 Å². The molecule has 0 amide bonds. The summed E-state index contributed by atoms with van der Waals surface area (Å²) < 4.78 is 10.6. The van der Waals surface area contributed by atoms with Crippen molar-refractivity contribution in [1.29, 1.82) is 0 Å². The monoisotopic (exact) mass is 504 g/mol. The summed E-state index contributed by atoms with van der Waals surface area (Å²) in [6, 6.07) is 0. The minimum atomic E-state index is -0.634. The smallest absolute Gasteiger partial charge is 0.335 e. The van der Waals surface area contributed by atoms with E-state index in [4.69, 9.17) is 19.7 Å². The molecule has 0 unspecified atom stereocenters. The van der Waals surface area contributed by atoms with Crippen LogP contribution in [0.2, 0.25) is 0 Å². The van der Waals surface area contributed by atoms with Crippen molar-refractivity contribution in [1.82, 2.24) is 0 Å². The first kappa shape index (κ1) is 30.3. The minimum absolute atomic E-state index is 0.00422. The lowest BCUT2D eigenvalue weighted by atomic mass is 9.68. The van der Waals surface area contributed by atoms with Gasteiger partial charge in [-0.1, -0.05) is 51.0 Å². The number of allylic oxidation sites excluding steroid dienone is 2. The highest BCUT2D eigenvalue weighted by Crippen LogP contribution is 2.43. The summed E-state index contributed by atoms with van der Waals surface area (Å²) in [7, 11) is 0. The molecule has 0 spiro atoms. The van der Waals surface area contributed by atoms with Gasteiger partial charge < -0.3 is 19.7 Å². The lowest BCUT2D eigenvalue weighted by Gasteiger charge is -2.38. The van der Waals surface area contributed by atoms with E-state index in [-0.39, 0.29) is 30.3 Å². The van der Waals surface area contributed by atoms with Gasteiger partial charge in [-0.15, -0.1) is 0 Å². The number of ether oxygens (including phenoxy) is 2. The molecule has 2 rings (SSSR count). The molecule has 36 heavy (non-hydrogen) atoms. The Bertz CT molecular complexity index is 694. The maximum atomic E-state index is 11.9. The third kappa shape index (κ3) is 10.6. The first-order chi connectivity index (χ1) is 17.4. The van der Waals surface area contributed by atoms with E-state index >= 15 is 0 Å². The summed E-state index contributed by atoms with van der Waals surface area (Å²) in [5.74, 6) is 1.91. The van der Waals surface area contributed by atoms with Crippen molar-refractivity contribution < 1.29 is 29.3 Å². The Morgan fingerprint density at radius 1 is 0.806 bits per heavy atom. The molecule has 0 aliphatic heterocycles. The van der Waals surface area contributed by atoms with E-state index < -0.39 is 25.2 Å². The molecule has 6 heteroatoms. The van der Waals surface area contributed by atoms with Crippen LogP contribution in [0, 0.1) is 29.6 Å². The predicted octanol–water partition coefficient (Wildman–Crippen LogP) is 5.54. The second kappa shape index (κ2) is 16.8. The quantitative estimate of drug-likeness (QED) is 0.173. The summed E-state index contributed by atoms with van der Waals surface area (Å²) in [6.07, 6.45) is 19.5. The number of esters is 2. The highest BCUT2D eigenvalue weighted by atomic mass is 16.5. The standard InChI is InChI=1S/C30H48O6/c1-4-5-6-7-24-10-14-27(15-11-24)28-16-12-25(13-17-28)8-9-26(20-35-29(33)22(2)18-31)21-36-30(34)23(3)19-32/h4-5,24-28,31-32H,2-3,6-21H2,1H3/b5-4+. The molecule has 0 aromatic rings. The number of hydrogen-bond donors (Lipinski definition) is 2. The molecule has 2 saturated carbocycles. The molecule has 204 valence electrons. The van der Waals surface area contributed by atoms with Gasteiger partial charge in [0.25, 0.3) is 0 Å². The zero-order chi connectivity index (χ0) is 26.3. The van der Waals surface area contributed by atoms with Crippen molar-refractivity contribution in [2.45, 2.75) is 84.0 Å². The van der Waals surface area contributed by atoms with Gasteiger partial charge in [-0.2, -0.15) is 0 Å². The van der Waals surface area contributed by atoms with E-state index in [2.05, 4.69) is 32.2 Å². The summed E-state index contributed by atoms with van der Waals surface area (Å²) >= 11 is 0. The average molecular weight is 505 g/mol. The molecule has 0 aromatic carbocycles. The molecule has 0 radical (unpaired) electrons. The van der Waals surface area contributed by atoms with Crippen LogP contribution in [0.1, 0.15) is 84.0 Å². The Balaban J connectivity index is 1.75. The van der Waals surface area contributed by atoms with Crippen LogP contribution in [-0.2, 0) is 19.1 Å². The third-order valence-electron chi connectivity index (χ3n) is 8.27. The Morgan fingerprint density at radius 3 is 1.67 bits per heavy atom. The topological polar surface area (TPSA) is 93.1 Å². The Labute approximate surface area is 217 Å². The molecule has 0 aromatic heterocycles. The van der Waals surface area contributed by atoms with Gasteiger partial charge >= 0.3 is 11.9 Å². The molecule has 2 aliphatic carbocycles. The number of carbonyl (C=O) groups is 2. The zero-order valence-electron chi connectivity index (χ0n) is 22.3. The van der Waals surface area contributed by atoms with Crippen LogP contribution < -0.4 is 0 Å². The summed E-state index contributed by atoms with van der Waals surface area (Å²) in [6.45, 7) is 8.39. The van der Waals surface area contributed by atoms with Crippen LogP contribution in [-0.4, -0.2) is 48.6 Å². The van der Waals surface area contributed by atoms with E-state index in [1.54, 1.807) is 0 Å². The SMILES string of the molecule is C=C(CO)C(=O)OCC(CCC1CCC(C2CCC(CC/C=C/C)CC2)CC1)COC(=O)C(=C)CO. The van der Waals surface area contributed by atoms with Crippen molar-refractivity contribution in [2.24, 2.45) is 29.6 Å². The van der Waals surface area contributed by atoms with Crippen LogP contribution in [0.4, 0.5) is 0 Å². The summed E-state index contributed by atoms with van der Waals surface area (Å²) in [5, 5.41) is 18.2. The number of aliphatic hydroxyl groups is 2. The van der Waals surface area contributed by atoms with Gasteiger partial charge in [-0.3, -0.25) is 0 Å². The molecular weight excluding hydrogens is 456 g/mol. The zero-order valence-corrected chi connectivity index (χ0v) is 22.3. The van der Waals surface area contributed by atoms with Crippen molar-refractivity contribution >= 4 is 11.9 Å². The Hall–Kier alpha value is -1.92. The van der Waals surface area contributed by atoms with Crippen molar-refractivity contribution in [3.05, 3.63) is 36.5 Å². The number of rotatable bonds is 15. The van der Waals surface area contributed by atoms with Crippen molar-refractivity contribution in [3.8, 4) is 0 Å². The molecule has 0 bridgehead atoms. The van der Waals surface area contributed by atoms with E-state index in [0.29, 0.717) is 5.92 Å². The van der Waals surface area contributed by atoms with Gasteiger partial charge in [0.2, 0.25) is 0 Å². The highest BCUT2D eigenvalue weighted by molar-refractivity contribution is 5.88. The lowest BCUT2D eigenvalue weighted by molar-refractivity contribution is -0.144. The molecule has 0 atom stereocenters. The second-order valence-corrected chi connectivity index (χ2v) is 10.9. The van der Waals surface area contributed by atoms with Crippen molar-refractivity contribution in [2.75, 3.05) is 26.4 Å². The van der Waals surface area contributed by atoms with Crippen molar-refractivity contribution in [3.63, 3.8) is 0 Å². The fraction of sp³-hybridized carbons (Fsp3) is 0.733. The normalized spacial score (nSPS) is 24.6. The molecule has 6 nitrogen and oxygen atoms in total. The highest BCUT2D eigenvalue weighted by Gasteiger charge is 2.31. The molecule has 0 heterocycles. The van der Waals surface area contributed by atoms with Crippen LogP contribution >= 0.6 is 0 Å². The van der Waals surface area contributed by atoms with Gasteiger partial charge in [0.05, 0.1) is 37.6 Å². The van der Waals surface area contributed by atoms with Gasteiger partial charge in [-0.25, -0.2) is 9.59 Å². The number of hydrogen-bond acceptors (Lipinski definition) is 6. The largest absolute Gasteiger partial charge is 0.462 e. The fourth-order valence-electron chi connectivity index (χ4n) is 5.80. The molecule has 2 fully saturated rings. The van der Waals surface area contributed by atoms with E-state index in [1.807, 2.05) is 0 Å². The first-order valence-electron chi connectivity index (χ1n) is 13.9. The fourth-order valence-corrected chi connectivity index (χ4v) is 5.80. The van der Waals surface area contributed by atoms with Crippen LogP contribution in [0.5, 0.6) is 0 Å². The maximum Gasteiger partial charge on any atom is 0.335 e. The molecule has 2 N–H and O–H groups in total. The van der Waals surface area contributed by atoms with E-state index in [0.717, 1.165) is 30.6 Å². The van der Waals surface area contributed by atoms with Gasteiger partial charge in [0.15, 0.2) is 0 Å². The second-order valence-electron chi connectivity index (χ2n) is 10.9. The predicted molar refractivity (Wildman–Crippen MR) is 142 cm³/mol. The van der Waals surface area contributed by atoms with E-state index in [1.165, 1.54) is 64.2 Å². The summed E-state index contributed by atoms with van der Waals surface area (Å²) in [4.78, 5) is 23.8. The number of carbonyl (C=O) groups excluding carboxylic acids is 2. The first-order valence-corrected chi connectivity index (χ1v) is 13.9. The lowest BCUT2D eigenvalue weighted by Crippen LogP contribution is -2.27. The van der Waals surface area contributed by atoms with Crippen LogP contribution in [0.3, 0.4) is 0 Å². The van der Waals surface area contributed by atoms with Gasteiger partial charge in [-0.05, 0) is 82.0 Å². The third-order valence-corrected chi connectivity index (χ3v) is 8.27. The Kier molecular flexibility index (Phi) is 14.1. The molecular formula is C30H48O6. The molecule has 0 saturated heterocycles. The molecule has 2 aliphatic rings. The minimum Gasteiger partial charge on any atom is -0.462 e.